The van der Waals surface area contributed by atoms with E-state index in [4.69, 9.17) is 0 Å². The number of hydrogen-bond acceptors (Lipinski definition) is 0. The van der Waals surface area contributed by atoms with Gasteiger partial charge in [-0.1, -0.05) is 74.5 Å². The first-order valence-electron chi connectivity index (χ1n) is 6.89. The SMILES string of the molecule is C[C@@H]1[C@H](C)[C@@H](c2ccccc2)[C@H]1c1ccccc1. The van der Waals surface area contributed by atoms with Crippen molar-refractivity contribution >= 4 is 0 Å². The molecule has 3 rings (SSSR count). The standard InChI is InChI=1S/C18H20/c1-13-14(2)18(16-11-7-4-8-12-16)17(13)15-9-5-3-6-10-15/h3-14,17-18H,1-2H3/t13-,14+,17-,18+. The highest BCUT2D eigenvalue weighted by molar-refractivity contribution is 5.34. The fourth-order valence-corrected chi connectivity index (χ4v) is 3.53. The van der Waals surface area contributed by atoms with E-state index in [0.717, 1.165) is 11.8 Å². The van der Waals surface area contributed by atoms with Crippen molar-refractivity contribution in [2.45, 2.75) is 25.7 Å². The number of hydrogen-bond donors (Lipinski definition) is 0. The fourth-order valence-electron chi connectivity index (χ4n) is 3.53. The van der Waals surface area contributed by atoms with Crippen molar-refractivity contribution in [2.75, 3.05) is 0 Å². The molecule has 0 radical (unpaired) electrons. The van der Waals surface area contributed by atoms with Gasteiger partial charge in [0.2, 0.25) is 0 Å². The predicted molar refractivity (Wildman–Crippen MR) is 76.7 cm³/mol. The predicted octanol–water partition coefficient (Wildman–Crippen LogP) is 4.84. The Morgan fingerprint density at radius 1 is 0.556 bits per heavy atom. The Hall–Kier alpha value is -1.56. The quantitative estimate of drug-likeness (QED) is 0.700. The maximum absolute atomic E-state index is 2.39. The molecule has 0 heterocycles. The Kier molecular flexibility index (Phi) is 2.95. The molecule has 0 unspecified atom stereocenters. The van der Waals surface area contributed by atoms with E-state index in [9.17, 15) is 0 Å². The minimum absolute atomic E-state index is 0.684. The third-order valence-electron chi connectivity index (χ3n) is 4.72. The molecule has 2 aromatic carbocycles. The van der Waals surface area contributed by atoms with Crippen molar-refractivity contribution in [3.05, 3.63) is 71.8 Å². The zero-order chi connectivity index (χ0) is 12.5. The lowest BCUT2D eigenvalue weighted by Crippen LogP contribution is -2.39. The van der Waals surface area contributed by atoms with Gasteiger partial charge in [0.1, 0.15) is 0 Å². The van der Waals surface area contributed by atoms with Crippen LogP contribution in [0.3, 0.4) is 0 Å². The maximum atomic E-state index is 2.39. The van der Waals surface area contributed by atoms with E-state index >= 15 is 0 Å². The second-order valence-corrected chi connectivity index (χ2v) is 5.59. The van der Waals surface area contributed by atoms with Gasteiger partial charge in [0.05, 0.1) is 0 Å². The molecule has 0 nitrogen and oxygen atoms in total. The van der Waals surface area contributed by atoms with Crippen LogP contribution in [0.1, 0.15) is 36.8 Å². The van der Waals surface area contributed by atoms with Crippen molar-refractivity contribution < 1.29 is 0 Å². The van der Waals surface area contributed by atoms with Gasteiger partial charge in [0.15, 0.2) is 0 Å². The van der Waals surface area contributed by atoms with E-state index in [0.29, 0.717) is 11.8 Å². The van der Waals surface area contributed by atoms with Crippen LogP contribution in [0.2, 0.25) is 0 Å². The summed E-state index contributed by atoms with van der Waals surface area (Å²) in [6, 6.07) is 22.0. The van der Waals surface area contributed by atoms with Gasteiger partial charge in [-0.3, -0.25) is 0 Å². The molecule has 0 heteroatoms. The van der Waals surface area contributed by atoms with E-state index in [2.05, 4.69) is 74.5 Å². The van der Waals surface area contributed by atoms with Crippen LogP contribution < -0.4 is 0 Å². The molecule has 92 valence electrons. The van der Waals surface area contributed by atoms with Gasteiger partial charge in [-0.05, 0) is 34.8 Å². The van der Waals surface area contributed by atoms with Crippen LogP contribution in [0.4, 0.5) is 0 Å². The van der Waals surface area contributed by atoms with Crippen LogP contribution >= 0.6 is 0 Å². The van der Waals surface area contributed by atoms with Crippen LogP contribution in [0.25, 0.3) is 0 Å². The normalized spacial score (nSPS) is 30.8. The Labute approximate surface area is 110 Å². The minimum Gasteiger partial charge on any atom is -0.0622 e. The van der Waals surface area contributed by atoms with Gasteiger partial charge in [-0.15, -0.1) is 0 Å². The lowest BCUT2D eigenvalue weighted by atomic mass is 9.54. The molecule has 1 aliphatic rings. The zero-order valence-electron chi connectivity index (χ0n) is 11.1. The summed E-state index contributed by atoms with van der Waals surface area (Å²) in [5.41, 5.74) is 2.99. The molecule has 1 saturated carbocycles. The molecule has 0 bridgehead atoms. The monoisotopic (exact) mass is 236 g/mol. The average molecular weight is 236 g/mol. The van der Waals surface area contributed by atoms with Gasteiger partial charge < -0.3 is 0 Å². The Bertz CT molecular complexity index is 451. The van der Waals surface area contributed by atoms with E-state index in [1.165, 1.54) is 11.1 Å². The van der Waals surface area contributed by atoms with E-state index in [-0.39, 0.29) is 0 Å². The van der Waals surface area contributed by atoms with Crippen molar-refractivity contribution in [3.63, 3.8) is 0 Å². The first kappa shape index (κ1) is 11.5. The molecule has 1 aliphatic carbocycles. The summed E-state index contributed by atoms with van der Waals surface area (Å²) in [7, 11) is 0. The third kappa shape index (κ3) is 1.77. The molecule has 1 fully saturated rings. The van der Waals surface area contributed by atoms with E-state index in [1.54, 1.807) is 0 Å². The van der Waals surface area contributed by atoms with Crippen LogP contribution in [0.5, 0.6) is 0 Å². The number of rotatable bonds is 2. The molecule has 0 aromatic heterocycles. The van der Waals surface area contributed by atoms with Crippen LogP contribution in [0, 0.1) is 11.8 Å². The summed E-state index contributed by atoms with van der Waals surface area (Å²) in [6.07, 6.45) is 0. The van der Waals surface area contributed by atoms with Crippen LogP contribution in [-0.4, -0.2) is 0 Å². The highest BCUT2D eigenvalue weighted by Gasteiger charge is 2.46. The second-order valence-electron chi connectivity index (χ2n) is 5.59. The zero-order valence-corrected chi connectivity index (χ0v) is 11.1. The summed E-state index contributed by atoms with van der Waals surface area (Å²) in [5.74, 6) is 2.92. The van der Waals surface area contributed by atoms with E-state index in [1.807, 2.05) is 0 Å². The van der Waals surface area contributed by atoms with Gasteiger partial charge in [-0.2, -0.15) is 0 Å². The Morgan fingerprint density at radius 3 is 1.22 bits per heavy atom. The van der Waals surface area contributed by atoms with Crippen LogP contribution in [-0.2, 0) is 0 Å². The highest BCUT2D eigenvalue weighted by Crippen LogP contribution is 2.57. The summed E-state index contributed by atoms with van der Waals surface area (Å²) < 4.78 is 0. The molecule has 0 aliphatic heterocycles. The van der Waals surface area contributed by atoms with Crippen molar-refractivity contribution in [2.24, 2.45) is 11.8 Å². The second kappa shape index (κ2) is 4.61. The van der Waals surface area contributed by atoms with E-state index < -0.39 is 0 Å². The molecular formula is C18H20. The van der Waals surface area contributed by atoms with Crippen molar-refractivity contribution in [1.82, 2.24) is 0 Å². The van der Waals surface area contributed by atoms with Gasteiger partial charge in [0.25, 0.3) is 0 Å². The van der Waals surface area contributed by atoms with Crippen LogP contribution in [0.15, 0.2) is 60.7 Å². The molecule has 0 saturated heterocycles. The fraction of sp³-hybridized carbons (Fsp3) is 0.333. The Morgan fingerprint density at radius 2 is 0.889 bits per heavy atom. The van der Waals surface area contributed by atoms with Gasteiger partial charge >= 0.3 is 0 Å². The molecular weight excluding hydrogens is 216 g/mol. The lowest BCUT2D eigenvalue weighted by Gasteiger charge is -2.50. The largest absolute Gasteiger partial charge is 0.0622 e. The number of benzene rings is 2. The minimum atomic E-state index is 0.684. The molecule has 18 heavy (non-hydrogen) atoms. The first-order valence-corrected chi connectivity index (χ1v) is 6.89. The summed E-state index contributed by atoms with van der Waals surface area (Å²) in [6.45, 7) is 4.78. The molecule has 0 amide bonds. The van der Waals surface area contributed by atoms with Crippen molar-refractivity contribution in [1.29, 1.82) is 0 Å². The molecule has 0 N–H and O–H groups in total. The first-order chi connectivity index (χ1) is 8.79. The summed E-state index contributed by atoms with van der Waals surface area (Å²) in [5, 5.41) is 0. The maximum Gasteiger partial charge on any atom is -0.00620 e. The molecule has 0 spiro atoms. The average Bonchev–Trinajstić information content (AvgIpc) is 2.45. The Balaban J connectivity index is 1.94. The topological polar surface area (TPSA) is 0 Å². The lowest BCUT2D eigenvalue weighted by molar-refractivity contribution is 0.123. The van der Waals surface area contributed by atoms with Crippen molar-refractivity contribution in [3.8, 4) is 0 Å². The third-order valence-corrected chi connectivity index (χ3v) is 4.72. The molecule has 2 aromatic rings. The van der Waals surface area contributed by atoms with Gasteiger partial charge in [-0.25, -0.2) is 0 Å². The summed E-state index contributed by atoms with van der Waals surface area (Å²) >= 11 is 0. The smallest absolute Gasteiger partial charge is 0.00620 e. The summed E-state index contributed by atoms with van der Waals surface area (Å²) in [4.78, 5) is 0. The van der Waals surface area contributed by atoms with Gasteiger partial charge in [0, 0.05) is 0 Å². The highest BCUT2D eigenvalue weighted by atomic mass is 14.5. The molecule has 4 atom stereocenters.